The molecule has 0 aliphatic carbocycles. The second kappa shape index (κ2) is 4.14. The lowest BCUT2D eigenvalue weighted by Gasteiger charge is -2.21. The molecule has 1 saturated heterocycles. The standard InChI is InChI=1S/C8H18N2O3S/c1-7(11)8-4-5-10(6-8)14(12,13)9(2)3/h7-8,11H,4-6H2,1-3H3. The fourth-order valence-electron chi connectivity index (χ4n) is 1.59. The summed E-state index contributed by atoms with van der Waals surface area (Å²) in [6, 6.07) is 0. The average Bonchev–Trinajstić information content (AvgIpc) is 2.51. The molecule has 0 aromatic rings. The van der Waals surface area contributed by atoms with Crippen LogP contribution in [0.5, 0.6) is 0 Å². The molecule has 1 aliphatic rings. The maximum absolute atomic E-state index is 11.7. The van der Waals surface area contributed by atoms with Crippen LogP contribution in [0.4, 0.5) is 0 Å². The normalized spacial score (nSPS) is 27.1. The van der Waals surface area contributed by atoms with Crippen LogP contribution in [0.15, 0.2) is 0 Å². The SMILES string of the molecule is CC(O)C1CCN(S(=O)(=O)N(C)C)C1. The van der Waals surface area contributed by atoms with E-state index < -0.39 is 16.3 Å². The van der Waals surface area contributed by atoms with E-state index in [-0.39, 0.29) is 5.92 Å². The molecule has 0 radical (unpaired) electrons. The second-order valence-electron chi connectivity index (χ2n) is 3.94. The Kier molecular flexibility index (Phi) is 3.52. The first-order valence-corrected chi connectivity index (χ1v) is 6.11. The van der Waals surface area contributed by atoms with E-state index in [0.29, 0.717) is 13.1 Å². The van der Waals surface area contributed by atoms with Crippen LogP contribution >= 0.6 is 0 Å². The highest BCUT2D eigenvalue weighted by molar-refractivity contribution is 7.86. The van der Waals surface area contributed by atoms with E-state index in [1.54, 1.807) is 6.92 Å². The predicted molar refractivity (Wildman–Crippen MR) is 54.0 cm³/mol. The Hall–Kier alpha value is -0.170. The van der Waals surface area contributed by atoms with Crippen molar-refractivity contribution in [1.29, 1.82) is 0 Å². The monoisotopic (exact) mass is 222 g/mol. The van der Waals surface area contributed by atoms with Crippen molar-refractivity contribution in [1.82, 2.24) is 8.61 Å². The molecule has 84 valence electrons. The van der Waals surface area contributed by atoms with Crippen molar-refractivity contribution in [3.05, 3.63) is 0 Å². The summed E-state index contributed by atoms with van der Waals surface area (Å²) in [4.78, 5) is 0. The molecule has 0 spiro atoms. The maximum Gasteiger partial charge on any atom is 0.281 e. The smallest absolute Gasteiger partial charge is 0.281 e. The zero-order valence-electron chi connectivity index (χ0n) is 8.84. The molecule has 1 rings (SSSR count). The Morgan fingerprint density at radius 3 is 2.43 bits per heavy atom. The number of aliphatic hydroxyl groups excluding tert-OH is 1. The van der Waals surface area contributed by atoms with Crippen LogP contribution in [0.25, 0.3) is 0 Å². The van der Waals surface area contributed by atoms with Gasteiger partial charge in [-0.25, -0.2) is 0 Å². The van der Waals surface area contributed by atoms with Crippen LogP contribution in [0.2, 0.25) is 0 Å². The molecule has 0 saturated carbocycles. The molecule has 1 N–H and O–H groups in total. The van der Waals surface area contributed by atoms with Crippen LogP contribution < -0.4 is 0 Å². The van der Waals surface area contributed by atoms with Gasteiger partial charge >= 0.3 is 0 Å². The summed E-state index contributed by atoms with van der Waals surface area (Å²) in [5.74, 6) is 0.0738. The lowest BCUT2D eigenvalue weighted by Crippen LogP contribution is -2.39. The van der Waals surface area contributed by atoms with E-state index in [9.17, 15) is 13.5 Å². The van der Waals surface area contributed by atoms with Gasteiger partial charge in [-0.1, -0.05) is 0 Å². The fraction of sp³-hybridized carbons (Fsp3) is 1.00. The first kappa shape index (κ1) is 11.9. The van der Waals surface area contributed by atoms with Crippen LogP contribution in [-0.2, 0) is 10.2 Å². The molecule has 0 aromatic carbocycles. The zero-order chi connectivity index (χ0) is 10.9. The summed E-state index contributed by atoms with van der Waals surface area (Å²) in [5.41, 5.74) is 0. The average molecular weight is 222 g/mol. The summed E-state index contributed by atoms with van der Waals surface area (Å²) in [7, 11) is -0.250. The topological polar surface area (TPSA) is 60.9 Å². The molecular weight excluding hydrogens is 204 g/mol. The number of hydrogen-bond acceptors (Lipinski definition) is 3. The number of nitrogens with zero attached hydrogens (tertiary/aromatic N) is 2. The third-order valence-electron chi connectivity index (χ3n) is 2.66. The van der Waals surface area contributed by atoms with Gasteiger partial charge in [0.2, 0.25) is 0 Å². The van der Waals surface area contributed by atoms with Crippen molar-refractivity contribution in [2.75, 3.05) is 27.2 Å². The number of rotatable bonds is 3. The summed E-state index contributed by atoms with van der Waals surface area (Å²) in [5, 5.41) is 9.34. The highest BCUT2D eigenvalue weighted by Gasteiger charge is 2.34. The van der Waals surface area contributed by atoms with E-state index in [1.807, 2.05) is 0 Å². The lowest BCUT2D eigenvalue weighted by atomic mass is 10.0. The van der Waals surface area contributed by atoms with Gasteiger partial charge in [0.1, 0.15) is 0 Å². The Labute approximate surface area is 85.5 Å². The first-order valence-electron chi connectivity index (χ1n) is 4.71. The fourth-order valence-corrected chi connectivity index (χ4v) is 2.77. The first-order chi connectivity index (χ1) is 6.35. The molecule has 0 bridgehead atoms. The molecular formula is C8H18N2O3S. The van der Waals surface area contributed by atoms with E-state index in [1.165, 1.54) is 22.7 Å². The summed E-state index contributed by atoms with van der Waals surface area (Å²) >= 11 is 0. The largest absolute Gasteiger partial charge is 0.393 e. The van der Waals surface area contributed by atoms with E-state index >= 15 is 0 Å². The molecule has 5 nitrogen and oxygen atoms in total. The highest BCUT2D eigenvalue weighted by atomic mass is 32.2. The minimum atomic E-state index is -3.29. The summed E-state index contributed by atoms with van der Waals surface area (Å²) in [6.07, 6.45) is 0.308. The minimum Gasteiger partial charge on any atom is -0.393 e. The van der Waals surface area contributed by atoms with Crippen LogP contribution in [0, 0.1) is 5.92 Å². The van der Waals surface area contributed by atoms with Crippen molar-refractivity contribution < 1.29 is 13.5 Å². The van der Waals surface area contributed by atoms with E-state index in [2.05, 4.69) is 0 Å². The number of hydrogen-bond donors (Lipinski definition) is 1. The summed E-state index contributed by atoms with van der Waals surface area (Å²) < 4.78 is 26.0. The Morgan fingerprint density at radius 2 is 2.07 bits per heavy atom. The minimum absolute atomic E-state index is 0.0738. The molecule has 2 unspecified atom stereocenters. The molecule has 0 amide bonds. The van der Waals surface area contributed by atoms with Crippen molar-refractivity contribution in [2.24, 2.45) is 5.92 Å². The van der Waals surface area contributed by atoms with Gasteiger partial charge in [0.25, 0.3) is 10.2 Å². The molecule has 2 atom stereocenters. The van der Waals surface area contributed by atoms with Crippen molar-refractivity contribution >= 4 is 10.2 Å². The molecule has 14 heavy (non-hydrogen) atoms. The van der Waals surface area contributed by atoms with Crippen LogP contribution in [0.1, 0.15) is 13.3 Å². The van der Waals surface area contributed by atoms with Gasteiger partial charge in [0, 0.05) is 27.2 Å². The van der Waals surface area contributed by atoms with Crippen molar-refractivity contribution in [3.63, 3.8) is 0 Å². The predicted octanol–water partition coefficient (Wildman–Crippen LogP) is -0.504. The van der Waals surface area contributed by atoms with Gasteiger partial charge in [-0.3, -0.25) is 0 Å². The summed E-state index contributed by atoms with van der Waals surface area (Å²) in [6.45, 7) is 2.64. The number of aliphatic hydroxyl groups is 1. The highest BCUT2D eigenvalue weighted by Crippen LogP contribution is 2.22. The third kappa shape index (κ3) is 2.25. The van der Waals surface area contributed by atoms with Gasteiger partial charge in [-0.15, -0.1) is 0 Å². The molecule has 1 fully saturated rings. The molecule has 0 aromatic heterocycles. The zero-order valence-corrected chi connectivity index (χ0v) is 9.66. The molecule has 1 aliphatic heterocycles. The van der Waals surface area contributed by atoms with Crippen LogP contribution in [0.3, 0.4) is 0 Å². The van der Waals surface area contributed by atoms with Gasteiger partial charge in [-0.2, -0.15) is 17.0 Å². The van der Waals surface area contributed by atoms with Gasteiger partial charge in [0.15, 0.2) is 0 Å². The van der Waals surface area contributed by atoms with Gasteiger partial charge < -0.3 is 5.11 Å². The Morgan fingerprint density at radius 1 is 1.50 bits per heavy atom. The van der Waals surface area contributed by atoms with Crippen LogP contribution in [-0.4, -0.2) is 55.4 Å². The Bertz CT molecular complexity index is 287. The maximum atomic E-state index is 11.7. The van der Waals surface area contributed by atoms with E-state index in [4.69, 9.17) is 0 Å². The van der Waals surface area contributed by atoms with E-state index in [0.717, 1.165) is 6.42 Å². The molecule has 1 heterocycles. The van der Waals surface area contributed by atoms with Crippen molar-refractivity contribution in [2.45, 2.75) is 19.4 Å². The lowest BCUT2D eigenvalue weighted by molar-refractivity contribution is 0.132. The van der Waals surface area contributed by atoms with Crippen molar-refractivity contribution in [3.8, 4) is 0 Å². The third-order valence-corrected chi connectivity index (χ3v) is 4.56. The van der Waals surface area contributed by atoms with Gasteiger partial charge in [-0.05, 0) is 19.3 Å². The quantitative estimate of drug-likeness (QED) is 0.700. The Balaban J connectivity index is 2.67. The molecule has 6 heteroatoms. The second-order valence-corrected chi connectivity index (χ2v) is 6.08. The van der Waals surface area contributed by atoms with Gasteiger partial charge in [0.05, 0.1) is 6.10 Å².